The maximum absolute atomic E-state index is 12.1. The number of hydrogen-bond acceptors (Lipinski definition) is 6. The highest BCUT2D eigenvalue weighted by Crippen LogP contribution is 2.49. The second-order valence-electron chi connectivity index (χ2n) is 3.81. The summed E-state index contributed by atoms with van der Waals surface area (Å²) < 4.78 is 27.2. The first-order chi connectivity index (χ1) is 8.47. The van der Waals surface area contributed by atoms with Gasteiger partial charge >= 0.3 is 13.6 Å². The van der Waals surface area contributed by atoms with Crippen LogP contribution in [0.3, 0.4) is 0 Å². The minimum absolute atomic E-state index is 0.115. The summed E-state index contributed by atoms with van der Waals surface area (Å²) in [5.41, 5.74) is 0. The summed E-state index contributed by atoms with van der Waals surface area (Å²) in [6.07, 6.45) is 0.627. The molecule has 1 atom stereocenters. The van der Waals surface area contributed by atoms with E-state index >= 15 is 0 Å². The van der Waals surface area contributed by atoms with E-state index in [0.717, 1.165) is 0 Å². The lowest BCUT2D eigenvalue weighted by Crippen LogP contribution is -2.18. The van der Waals surface area contributed by atoms with Crippen LogP contribution in [-0.4, -0.2) is 43.7 Å². The summed E-state index contributed by atoms with van der Waals surface area (Å²) in [4.78, 5) is 10.7. The Bertz CT molecular complexity index is 271. The lowest BCUT2D eigenvalue weighted by Gasteiger charge is -2.19. The Kier molecular flexibility index (Phi) is 9.28. The van der Waals surface area contributed by atoms with Gasteiger partial charge in [-0.05, 0) is 20.3 Å². The topological polar surface area (TPSA) is 82.1 Å². The molecule has 0 amide bonds. The fraction of sp³-hybridized carbons (Fsp3) is 0.909. The number of hydrogen-bond donors (Lipinski definition) is 1. The van der Waals surface area contributed by atoms with E-state index in [1.165, 1.54) is 6.92 Å². The Balaban J connectivity index is 4.21. The summed E-state index contributed by atoms with van der Waals surface area (Å²) in [6, 6.07) is 0. The molecule has 7 heteroatoms. The molecule has 0 bridgehead atoms. The highest BCUT2D eigenvalue weighted by Gasteiger charge is 2.25. The van der Waals surface area contributed by atoms with Gasteiger partial charge in [0, 0.05) is 19.4 Å². The van der Waals surface area contributed by atoms with Gasteiger partial charge in [-0.3, -0.25) is 9.36 Å². The summed E-state index contributed by atoms with van der Waals surface area (Å²) >= 11 is 0. The second-order valence-corrected chi connectivity index (χ2v) is 6.00. The predicted molar refractivity (Wildman–Crippen MR) is 67.6 cm³/mol. The molecule has 0 saturated carbocycles. The fourth-order valence-corrected chi connectivity index (χ4v) is 3.16. The van der Waals surface area contributed by atoms with Gasteiger partial charge in [0.2, 0.25) is 0 Å². The minimum Gasteiger partial charge on any atom is -0.465 e. The van der Waals surface area contributed by atoms with Crippen molar-refractivity contribution in [3.05, 3.63) is 0 Å². The summed E-state index contributed by atoms with van der Waals surface area (Å²) in [5.74, 6) is -0.644. The molecule has 108 valence electrons. The second kappa shape index (κ2) is 9.50. The molecular formula is C11H23O6P. The number of rotatable bonds is 10. The average Bonchev–Trinajstić information content (AvgIpc) is 2.29. The van der Waals surface area contributed by atoms with Gasteiger partial charge in [-0.15, -0.1) is 0 Å². The molecule has 0 radical (unpaired) electrons. The number of carbonyl (C=O) groups excluding carboxylic acids is 1. The zero-order valence-electron chi connectivity index (χ0n) is 11.3. The highest BCUT2D eigenvalue weighted by molar-refractivity contribution is 7.53. The molecule has 0 fully saturated rings. The molecule has 1 N–H and O–H groups in total. The molecule has 18 heavy (non-hydrogen) atoms. The third-order valence-electron chi connectivity index (χ3n) is 2.24. The molecule has 0 unspecified atom stereocenters. The average molecular weight is 282 g/mol. The van der Waals surface area contributed by atoms with Crippen LogP contribution in [0.4, 0.5) is 0 Å². The van der Waals surface area contributed by atoms with Crippen molar-refractivity contribution in [3.63, 3.8) is 0 Å². The smallest absolute Gasteiger partial charge is 0.330 e. The van der Waals surface area contributed by atoms with Gasteiger partial charge in [0.05, 0.1) is 26.0 Å². The zero-order chi connectivity index (χ0) is 14.0. The van der Waals surface area contributed by atoms with Crippen LogP contribution in [0, 0.1) is 5.92 Å². The molecule has 0 aromatic carbocycles. The van der Waals surface area contributed by atoms with Gasteiger partial charge in [-0.2, -0.15) is 0 Å². The van der Waals surface area contributed by atoms with Gasteiger partial charge < -0.3 is 18.9 Å². The van der Waals surface area contributed by atoms with Gasteiger partial charge in [-0.1, -0.05) is 0 Å². The third-order valence-corrected chi connectivity index (χ3v) is 4.35. The molecule has 0 heterocycles. The molecule has 0 spiro atoms. The molecule has 6 nitrogen and oxygen atoms in total. The first-order valence-corrected chi connectivity index (χ1v) is 7.82. The Morgan fingerprint density at radius 3 is 2.22 bits per heavy atom. The van der Waals surface area contributed by atoms with Gasteiger partial charge in [0.1, 0.15) is 0 Å². The van der Waals surface area contributed by atoms with Crippen molar-refractivity contribution in [2.45, 2.75) is 27.2 Å². The normalized spacial score (nSPS) is 13.3. The van der Waals surface area contributed by atoms with E-state index in [1.807, 2.05) is 0 Å². The van der Waals surface area contributed by atoms with Crippen LogP contribution >= 0.6 is 7.60 Å². The first kappa shape index (κ1) is 17.6. The summed E-state index contributed by atoms with van der Waals surface area (Å²) in [6.45, 7) is 5.40. The van der Waals surface area contributed by atoms with Crippen molar-refractivity contribution < 1.29 is 28.3 Å². The van der Waals surface area contributed by atoms with Crippen molar-refractivity contribution in [3.8, 4) is 0 Å². The van der Waals surface area contributed by atoms with E-state index in [1.54, 1.807) is 13.8 Å². The molecule has 0 aliphatic rings. The Hall–Kier alpha value is -0.420. The Morgan fingerprint density at radius 2 is 1.83 bits per heavy atom. The van der Waals surface area contributed by atoms with Crippen LogP contribution < -0.4 is 0 Å². The monoisotopic (exact) mass is 282 g/mol. The molecule has 0 saturated heterocycles. The van der Waals surface area contributed by atoms with E-state index in [-0.39, 0.29) is 25.3 Å². The van der Waals surface area contributed by atoms with E-state index in [0.29, 0.717) is 19.6 Å². The van der Waals surface area contributed by atoms with Crippen molar-refractivity contribution in [2.75, 3.05) is 32.6 Å². The number of aliphatic hydroxyl groups excluding tert-OH is 1. The molecular weight excluding hydrogens is 259 g/mol. The van der Waals surface area contributed by atoms with Crippen LogP contribution in [-0.2, 0) is 23.1 Å². The Morgan fingerprint density at radius 1 is 1.28 bits per heavy atom. The van der Waals surface area contributed by atoms with Crippen LogP contribution in [0.5, 0.6) is 0 Å². The maximum atomic E-state index is 12.1. The number of aliphatic hydroxyl groups is 1. The quantitative estimate of drug-likeness (QED) is 0.486. The standard InChI is InChI=1S/C11H23O6P/c1-4-16-18(14,17-5-2)7-6-11(8-12)9-15-10(3)13/h11-12H,4-9H2,1-3H3/t11-/m1/s1. The SMILES string of the molecule is CCOP(=O)(CC[C@H](CO)COC(C)=O)OCC. The van der Waals surface area contributed by atoms with E-state index in [2.05, 4.69) is 0 Å². The van der Waals surface area contributed by atoms with E-state index < -0.39 is 13.6 Å². The van der Waals surface area contributed by atoms with Gasteiger partial charge in [0.15, 0.2) is 0 Å². The van der Waals surface area contributed by atoms with Crippen molar-refractivity contribution in [1.29, 1.82) is 0 Å². The lowest BCUT2D eigenvalue weighted by atomic mass is 10.1. The van der Waals surface area contributed by atoms with Crippen molar-refractivity contribution in [2.24, 2.45) is 5.92 Å². The third kappa shape index (κ3) is 7.82. The van der Waals surface area contributed by atoms with E-state index in [4.69, 9.17) is 18.9 Å². The van der Waals surface area contributed by atoms with Crippen molar-refractivity contribution in [1.82, 2.24) is 0 Å². The Labute approximate surface area is 108 Å². The summed E-state index contributed by atoms with van der Waals surface area (Å²) in [5, 5.41) is 9.13. The highest BCUT2D eigenvalue weighted by atomic mass is 31.2. The zero-order valence-corrected chi connectivity index (χ0v) is 12.2. The number of carbonyl (C=O) groups is 1. The lowest BCUT2D eigenvalue weighted by molar-refractivity contribution is -0.142. The molecule has 0 rings (SSSR count). The van der Waals surface area contributed by atoms with Gasteiger partial charge in [-0.25, -0.2) is 0 Å². The van der Waals surface area contributed by atoms with Crippen LogP contribution in [0.2, 0.25) is 0 Å². The molecule has 0 aromatic rings. The number of esters is 1. The molecule has 0 aliphatic heterocycles. The molecule has 0 aliphatic carbocycles. The number of ether oxygens (including phenoxy) is 1. The summed E-state index contributed by atoms with van der Waals surface area (Å²) in [7, 11) is -3.09. The van der Waals surface area contributed by atoms with Crippen molar-refractivity contribution >= 4 is 13.6 Å². The van der Waals surface area contributed by atoms with Crippen LogP contribution in [0.25, 0.3) is 0 Å². The fourth-order valence-electron chi connectivity index (χ4n) is 1.36. The van der Waals surface area contributed by atoms with Crippen LogP contribution in [0.1, 0.15) is 27.2 Å². The first-order valence-electron chi connectivity index (χ1n) is 6.09. The van der Waals surface area contributed by atoms with E-state index in [9.17, 15) is 9.36 Å². The predicted octanol–water partition coefficient (Wildman–Crippen LogP) is 1.81. The molecule has 0 aromatic heterocycles. The van der Waals surface area contributed by atoms with Crippen LogP contribution in [0.15, 0.2) is 0 Å². The van der Waals surface area contributed by atoms with Gasteiger partial charge in [0.25, 0.3) is 0 Å². The maximum Gasteiger partial charge on any atom is 0.330 e. The largest absolute Gasteiger partial charge is 0.465 e. The minimum atomic E-state index is -3.09.